The van der Waals surface area contributed by atoms with Gasteiger partial charge < -0.3 is 10.1 Å². The van der Waals surface area contributed by atoms with Gasteiger partial charge in [0.2, 0.25) is 0 Å². The molecule has 34 heavy (non-hydrogen) atoms. The van der Waals surface area contributed by atoms with Crippen molar-refractivity contribution in [3.05, 3.63) is 101 Å². The van der Waals surface area contributed by atoms with Crippen LogP contribution < -0.4 is 5.32 Å². The zero-order valence-corrected chi connectivity index (χ0v) is 19.0. The zero-order chi connectivity index (χ0) is 23.5. The van der Waals surface area contributed by atoms with Crippen molar-refractivity contribution in [1.29, 1.82) is 0 Å². The van der Waals surface area contributed by atoms with Gasteiger partial charge in [0.15, 0.2) is 0 Å². The minimum absolute atomic E-state index is 0.343. The minimum atomic E-state index is -0.490. The SMILES string of the molecule is COC(=O)c1sccc1NC(=O)c1ccc2nc(-c3ccccc3)c(-c3ccccc3)nc2c1. The first kappa shape index (κ1) is 21.5. The number of ether oxygens (including phenoxy) is 1. The molecule has 5 rings (SSSR count). The fourth-order valence-electron chi connectivity index (χ4n) is 3.64. The second-order valence-corrected chi connectivity index (χ2v) is 8.38. The van der Waals surface area contributed by atoms with E-state index in [9.17, 15) is 9.59 Å². The van der Waals surface area contributed by atoms with Crippen molar-refractivity contribution in [1.82, 2.24) is 9.97 Å². The molecule has 0 bridgehead atoms. The summed E-state index contributed by atoms with van der Waals surface area (Å²) in [5.74, 6) is -0.837. The molecular weight excluding hydrogens is 446 g/mol. The monoisotopic (exact) mass is 465 g/mol. The van der Waals surface area contributed by atoms with E-state index < -0.39 is 5.97 Å². The van der Waals surface area contributed by atoms with Gasteiger partial charge in [0, 0.05) is 16.7 Å². The summed E-state index contributed by atoms with van der Waals surface area (Å²) in [6.45, 7) is 0. The molecule has 0 saturated heterocycles. The van der Waals surface area contributed by atoms with Gasteiger partial charge >= 0.3 is 5.97 Å². The first-order chi connectivity index (χ1) is 16.6. The molecule has 0 unspecified atom stereocenters. The number of methoxy groups -OCH3 is 1. The largest absolute Gasteiger partial charge is 0.465 e. The van der Waals surface area contributed by atoms with E-state index >= 15 is 0 Å². The third kappa shape index (κ3) is 4.16. The summed E-state index contributed by atoms with van der Waals surface area (Å²) in [5, 5.41) is 4.52. The predicted molar refractivity (Wildman–Crippen MR) is 134 cm³/mol. The highest BCUT2D eigenvalue weighted by atomic mass is 32.1. The highest BCUT2D eigenvalue weighted by Gasteiger charge is 2.18. The number of fused-ring (bicyclic) bond motifs is 1. The molecule has 0 fully saturated rings. The average molecular weight is 466 g/mol. The Morgan fingerprint density at radius 1 is 0.794 bits per heavy atom. The molecule has 5 aromatic rings. The van der Waals surface area contributed by atoms with Gasteiger partial charge in [0.25, 0.3) is 5.91 Å². The molecule has 0 atom stereocenters. The van der Waals surface area contributed by atoms with Gasteiger partial charge in [0.05, 0.1) is 35.2 Å². The number of benzene rings is 3. The topological polar surface area (TPSA) is 81.2 Å². The average Bonchev–Trinajstić information content (AvgIpc) is 3.36. The van der Waals surface area contributed by atoms with E-state index in [-0.39, 0.29) is 5.91 Å². The van der Waals surface area contributed by atoms with Crippen LogP contribution in [-0.4, -0.2) is 29.0 Å². The summed E-state index contributed by atoms with van der Waals surface area (Å²) in [7, 11) is 1.31. The van der Waals surface area contributed by atoms with Crippen LogP contribution in [0, 0.1) is 0 Å². The number of hydrogen-bond donors (Lipinski definition) is 1. The Morgan fingerprint density at radius 3 is 2.03 bits per heavy atom. The molecule has 166 valence electrons. The quantitative estimate of drug-likeness (QED) is 0.319. The first-order valence-corrected chi connectivity index (χ1v) is 11.4. The van der Waals surface area contributed by atoms with E-state index in [0.717, 1.165) is 22.5 Å². The van der Waals surface area contributed by atoms with E-state index in [1.165, 1.54) is 18.4 Å². The fourth-order valence-corrected chi connectivity index (χ4v) is 4.41. The van der Waals surface area contributed by atoms with Crippen molar-refractivity contribution in [2.75, 3.05) is 12.4 Å². The van der Waals surface area contributed by atoms with Crippen molar-refractivity contribution in [3.63, 3.8) is 0 Å². The highest BCUT2D eigenvalue weighted by molar-refractivity contribution is 7.12. The Morgan fingerprint density at radius 2 is 1.41 bits per heavy atom. The first-order valence-electron chi connectivity index (χ1n) is 10.5. The van der Waals surface area contributed by atoms with Gasteiger partial charge in [-0.3, -0.25) is 4.79 Å². The van der Waals surface area contributed by atoms with Gasteiger partial charge in [-0.2, -0.15) is 0 Å². The molecule has 0 saturated carbocycles. The van der Waals surface area contributed by atoms with Crippen LogP contribution in [0.3, 0.4) is 0 Å². The van der Waals surface area contributed by atoms with Crippen molar-refractivity contribution in [3.8, 4) is 22.5 Å². The molecule has 0 spiro atoms. The summed E-state index contributed by atoms with van der Waals surface area (Å²) in [4.78, 5) is 35.0. The van der Waals surface area contributed by atoms with Crippen LogP contribution in [0.4, 0.5) is 5.69 Å². The molecule has 0 aliphatic rings. The number of esters is 1. The van der Waals surface area contributed by atoms with Crippen molar-refractivity contribution >= 4 is 39.9 Å². The Kier molecular flexibility index (Phi) is 5.84. The summed E-state index contributed by atoms with van der Waals surface area (Å²) in [5.41, 5.74) is 5.52. The Balaban J connectivity index is 1.56. The summed E-state index contributed by atoms with van der Waals surface area (Å²) >= 11 is 1.21. The second-order valence-electron chi connectivity index (χ2n) is 7.47. The van der Waals surface area contributed by atoms with Gasteiger partial charge in [-0.25, -0.2) is 14.8 Å². The molecule has 0 aliphatic heterocycles. The lowest BCUT2D eigenvalue weighted by molar-refractivity contribution is 0.0607. The van der Waals surface area contributed by atoms with Crippen LogP contribution in [0.2, 0.25) is 0 Å². The lowest BCUT2D eigenvalue weighted by atomic mass is 10.0. The number of thiophene rings is 1. The summed E-state index contributed by atoms with van der Waals surface area (Å²) < 4.78 is 4.78. The van der Waals surface area contributed by atoms with Crippen LogP contribution in [-0.2, 0) is 4.74 Å². The molecule has 0 radical (unpaired) electrons. The smallest absolute Gasteiger partial charge is 0.350 e. The number of hydrogen-bond acceptors (Lipinski definition) is 6. The molecule has 2 aromatic heterocycles. The molecule has 1 amide bonds. The normalized spacial score (nSPS) is 10.7. The van der Waals surface area contributed by atoms with E-state index in [2.05, 4.69) is 5.32 Å². The van der Waals surface area contributed by atoms with E-state index in [4.69, 9.17) is 14.7 Å². The number of carbonyl (C=O) groups excluding carboxylic acids is 2. The summed E-state index contributed by atoms with van der Waals surface area (Å²) in [6, 6.07) is 26.6. The maximum atomic E-state index is 13.0. The number of rotatable bonds is 5. The van der Waals surface area contributed by atoms with Gasteiger partial charge in [-0.05, 0) is 29.6 Å². The number of aromatic nitrogens is 2. The Hall–Kier alpha value is -4.36. The molecular formula is C27H19N3O3S. The van der Waals surface area contributed by atoms with Crippen molar-refractivity contribution in [2.45, 2.75) is 0 Å². The van der Waals surface area contributed by atoms with Gasteiger partial charge in [0.1, 0.15) is 4.88 Å². The van der Waals surface area contributed by atoms with Crippen LogP contribution in [0.15, 0.2) is 90.3 Å². The number of amides is 1. The number of nitrogens with one attached hydrogen (secondary N) is 1. The molecule has 6 nitrogen and oxygen atoms in total. The van der Waals surface area contributed by atoms with E-state index in [1.807, 2.05) is 60.7 Å². The molecule has 1 N–H and O–H groups in total. The molecule has 3 aromatic carbocycles. The predicted octanol–water partition coefficient (Wildman–Crippen LogP) is 6.06. The maximum absolute atomic E-state index is 13.0. The maximum Gasteiger partial charge on any atom is 0.350 e. The minimum Gasteiger partial charge on any atom is -0.465 e. The molecule has 0 aliphatic carbocycles. The van der Waals surface area contributed by atoms with Gasteiger partial charge in [-0.15, -0.1) is 11.3 Å². The molecule has 7 heteroatoms. The van der Waals surface area contributed by atoms with Crippen LogP contribution >= 0.6 is 11.3 Å². The van der Waals surface area contributed by atoms with E-state index in [1.54, 1.807) is 29.6 Å². The second kappa shape index (κ2) is 9.25. The Bertz CT molecular complexity index is 1500. The highest BCUT2D eigenvalue weighted by Crippen LogP contribution is 2.31. The fraction of sp³-hybridized carbons (Fsp3) is 0.0370. The van der Waals surface area contributed by atoms with E-state index in [0.29, 0.717) is 27.2 Å². The van der Waals surface area contributed by atoms with Crippen molar-refractivity contribution in [2.24, 2.45) is 0 Å². The van der Waals surface area contributed by atoms with Crippen LogP contribution in [0.5, 0.6) is 0 Å². The van der Waals surface area contributed by atoms with Crippen LogP contribution in [0.25, 0.3) is 33.5 Å². The number of carbonyl (C=O) groups is 2. The lowest BCUT2D eigenvalue weighted by Crippen LogP contribution is -2.14. The van der Waals surface area contributed by atoms with Gasteiger partial charge in [-0.1, -0.05) is 60.7 Å². The number of nitrogens with zero attached hydrogens (tertiary/aromatic N) is 2. The van der Waals surface area contributed by atoms with Crippen LogP contribution in [0.1, 0.15) is 20.0 Å². The standard InChI is InChI=1S/C27H19N3O3S/c1-33-27(32)25-21(14-15-34-25)30-26(31)19-12-13-20-22(16-19)29-24(18-10-6-3-7-11-18)23(28-20)17-8-4-2-5-9-17/h2-16H,1H3,(H,30,31). The third-order valence-electron chi connectivity index (χ3n) is 5.31. The summed E-state index contributed by atoms with van der Waals surface area (Å²) in [6.07, 6.45) is 0. The van der Waals surface area contributed by atoms with Crippen molar-refractivity contribution < 1.29 is 14.3 Å². The number of anilines is 1. The third-order valence-corrected chi connectivity index (χ3v) is 6.20. The Labute approximate surface area is 199 Å². The molecule has 2 heterocycles. The zero-order valence-electron chi connectivity index (χ0n) is 18.2. The lowest BCUT2D eigenvalue weighted by Gasteiger charge is -2.11.